The molecule has 3 N–H and O–H groups in total. The molecule has 1 fully saturated rings. The molecule has 0 amide bonds. The number of guanidine groups is 1. The molecule has 7 nitrogen and oxygen atoms in total. The zero-order chi connectivity index (χ0) is 21.5. The predicted octanol–water partition coefficient (Wildman–Crippen LogP) is 3.34. The number of hydrogen-bond donors (Lipinski definition) is 3. The number of nitrogens with one attached hydrogen (secondary N) is 3. The maximum atomic E-state index is 6.20. The fourth-order valence-corrected chi connectivity index (χ4v) is 3.62. The molecule has 0 radical (unpaired) electrons. The molecule has 1 aliphatic heterocycles. The lowest BCUT2D eigenvalue weighted by atomic mass is 10.1. The Morgan fingerprint density at radius 3 is 2.97 bits per heavy atom. The summed E-state index contributed by atoms with van der Waals surface area (Å²) in [6.45, 7) is 7.65. The van der Waals surface area contributed by atoms with Crippen LogP contribution in [0.3, 0.4) is 0 Å². The van der Waals surface area contributed by atoms with E-state index in [9.17, 15) is 0 Å². The highest BCUT2D eigenvalue weighted by atomic mass is 16.5. The van der Waals surface area contributed by atoms with Gasteiger partial charge in [-0.2, -0.15) is 0 Å². The van der Waals surface area contributed by atoms with E-state index in [0.717, 1.165) is 66.7 Å². The first kappa shape index (κ1) is 21.2. The smallest absolute Gasteiger partial charge is 0.191 e. The van der Waals surface area contributed by atoms with Crippen molar-refractivity contribution in [2.75, 3.05) is 26.3 Å². The van der Waals surface area contributed by atoms with Gasteiger partial charge in [-0.1, -0.05) is 24.3 Å². The van der Waals surface area contributed by atoms with Gasteiger partial charge < -0.3 is 25.1 Å². The maximum absolute atomic E-state index is 6.20. The van der Waals surface area contributed by atoms with Crippen LogP contribution in [0.5, 0.6) is 5.75 Å². The normalized spacial score (nSPS) is 16.6. The molecular formula is C24H31N5O2. The molecule has 1 saturated heterocycles. The van der Waals surface area contributed by atoms with Crippen LogP contribution in [0.1, 0.15) is 30.3 Å². The summed E-state index contributed by atoms with van der Waals surface area (Å²) in [6.07, 6.45) is 1.85. The molecule has 2 heterocycles. The molecule has 1 atom stereocenters. The molecule has 0 spiro atoms. The lowest BCUT2D eigenvalue weighted by Crippen LogP contribution is -2.38. The van der Waals surface area contributed by atoms with Crippen molar-refractivity contribution in [3.05, 3.63) is 59.4 Å². The number of hydrogen-bond acceptors (Lipinski definition) is 4. The van der Waals surface area contributed by atoms with Crippen LogP contribution in [0.2, 0.25) is 0 Å². The lowest BCUT2D eigenvalue weighted by molar-refractivity contribution is 0.140. The van der Waals surface area contributed by atoms with E-state index in [1.807, 2.05) is 24.3 Å². The fraction of sp³-hybridized carbons (Fsp3) is 0.417. The number of nitrogens with zero attached hydrogens (tertiary/aromatic N) is 2. The van der Waals surface area contributed by atoms with Gasteiger partial charge in [-0.25, -0.2) is 9.98 Å². The molecule has 4 rings (SSSR count). The summed E-state index contributed by atoms with van der Waals surface area (Å²) in [6, 6.07) is 14.4. The van der Waals surface area contributed by atoms with E-state index in [1.165, 1.54) is 5.56 Å². The average molecular weight is 422 g/mol. The van der Waals surface area contributed by atoms with Gasteiger partial charge in [0.2, 0.25) is 0 Å². The van der Waals surface area contributed by atoms with Crippen molar-refractivity contribution in [2.24, 2.45) is 4.99 Å². The quantitative estimate of drug-likeness (QED) is 0.384. The maximum Gasteiger partial charge on any atom is 0.191 e. The van der Waals surface area contributed by atoms with Crippen LogP contribution in [0.4, 0.5) is 0 Å². The highest BCUT2D eigenvalue weighted by Gasteiger charge is 2.18. The van der Waals surface area contributed by atoms with Gasteiger partial charge in [-0.3, -0.25) is 0 Å². The molecule has 1 aliphatic rings. The molecule has 0 saturated carbocycles. The molecule has 3 aromatic rings. The highest BCUT2D eigenvalue weighted by molar-refractivity contribution is 5.79. The van der Waals surface area contributed by atoms with Gasteiger partial charge >= 0.3 is 0 Å². The number of fused-ring (bicyclic) bond motifs is 1. The van der Waals surface area contributed by atoms with Gasteiger partial charge in [0, 0.05) is 31.5 Å². The second-order valence-corrected chi connectivity index (χ2v) is 7.79. The van der Waals surface area contributed by atoms with Crippen LogP contribution in [-0.4, -0.2) is 48.3 Å². The summed E-state index contributed by atoms with van der Waals surface area (Å²) in [7, 11) is 0. The van der Waals surface area contributed by atoms with Crippen molar-refractivity contribution < 1.29 is 9.47 Å². The standard InChI is InChI=1S/C24H31N5O2/c1-3-25-24(26-12-10-23-28-20-6-4-5-7-21(20)29-23)27-15-18-9-8-17(2)14-22(18)31-19-11-13-30-16-19/h4-9,14,19H,3,10-13,15-16H2,1-2H3,(H,28,29)(H2,25,26,27). The monoisotopic (exact) mass is 421 g/mol. The number of imidazole rings is 1. The Morgan fingerprint density at radius 2 is 2.16 bits per heavy atom. The Hall–Kier alpha value is -3.06. The second-order valence-electron chi connectivity index (χ2n) is 7.79. The number of ether oxygens (including phenoxy) is 2. The number of rotatable bonds is 8. The van der Waals surface area contributed by atoms with Crippen molar-refractivity contribution in [3.63, 3.8) is 0 Å². The number of H-pyrrole nitrogens is 1. The zero-order valence-corrected chi connectivity index (χ0v) is 18.3. The minimum absolute atomic E-state index is 0.125. The molecule has 2 aromatic carbocycles. The zero-order valence-electron chi connectivity index (χ0n) is 18.3. The van der Waals surface area contributed by atoms with E-state index in [0.29, 0.717) is 13.2 Å². The summed E-state index contributed by atoms with van der Waals surface area (Å²) < 4.78 is 11.6. The molecular weight excluding hydrogens is 390 g/mol. The number of aliphatic imine (C=N–C) groups is 1. The van der Waals surface area contributed by atoms with Gasteiger partial charge in [0.15, 0.2) is 5.96 Å². The Bertz CT molecular complexity index is 991. The molecule has 1 aromatic heterocycles. The third kappa shape index (κ3) is 5.76. The van der Waals surface area contributed by atoms with Crippen molar-refractivity contribution in [1.29, 1.82) is 0 Å². The average Bonchev–Trinajstić information content (AvgIpc) is 3.42. The number of aryl methyl sites for hydroxylation is 1. The topological polar surface area (TPSA) is 83.6 Å². The van der Waals surface area contributed by atoms with E-state index in [-0.39, 0.29) is 6.10 Å². The van der Waals surface area contributed by atoms with Crippen molar-refractivity contribution in [2.45, 2.75) is 39.3 Å². The van der Waals surface area contributed by atoms with E-state index < -0.39 is 0 Å². The number of aromatic nitrogens is 2. The SMILES string of the molecule is CCNC(=NCc1ccc(C)cc1OC1CCOC1)NCCc1nc2ccccc2[nH]1. The van der Waals surface area contributed by atoms with Crippen molar-refractivity contribution in [3.8, 4) is 5.75 Å². The minimum atomic E-state index is 0.125. The van der Waals surface area contributed by atoms with E-state index in [4.69, 9.17) is 14.5 Å². The molecule has 0 aliphatic carbocycles. The Labute approximate surface area is 183 Å². The first-order valence-corrected chi connectivity index (χ1v) is 11.0. The first-order valence-electron chi connectivity index (χ1n) is 11.0. The number of aromatic amines is 1. The molecule has 31 heavy (non-hydrogen) atoms. The third-order valence-corrected chi connectivity index (χ3v) is 5.25. The molecule has 1 unspecified atom stereocenters. The van der Waals surface area contributed by atoms with Crippen LogP contribution in [-0.2, 0) is 17.7 Å². The van der Waals surface area contributed by atoms with Gasteiger partial charge in [-0.05, 0) is 37.6 Å². The Kier molecular flexibility index (Phi) is 7.04. The van der Waals surface area contributed by atoms with Crippen LogP contribution >= 0.6 is 0 Å². The third-order valence-electron chi connectivity index (χ3n) is 5.25. The molecule has 164 valence electrons. The predicted molar refractivity (Wildman–Crippen MR) is 124 cm³/mol. The Morgan fingerprint density at radius 1 is 1.26 bits per heavy atom. The van der Waals surface area contributed by atoms with Crippen LogP contribution in [0.15, 0.2) is 47.5 Å². The van der Waals surface area contributed by atoms with Gasteiger partial charge in [0.1, 0.15) is 17.7 Å². The largest absolute Gasteiger partial charge is 0.488 e. The first-order chi connectivity index (χ1) is 15.2. The summed E-state index contributed by atoms with van der Waals surface area (Å²) >= 11 is 0. The van der Waals surface area contributed by atoms with E-state index in [2.05, 4.69) is 52.6 Å². The van der Waals surface area contributed by atoms with Crippen molar-refractivity contribution >= 4 is 17.0 Å². The van der Waals surface area contributed by atoms with E-state index >= 15 is 0 Å². The van der Waals surface area contributed by atoms with Crippen LogP contribution < -0.4 is 15.4 Å². The molecule has 7 heteroatoms. The highest BCUT2D eigenvalue weighted by Crippen LogP contribution is 2.24. The summed E-state index contributed by atoms with van der Waals surface area (Å²) in [5.74, 6) is 2.66. The number of para-hydroxylation sites is 2. The molecule has 0 bridgehead atoms. The summed E-state index contributed by atoms with van der Waals surface area (Å²) in [5, 5.41) is 6.72. The Balaban J connectivity index is 1.38. The summed E-state index contributed by atoms with van der Waals surface area (Å²) in [4.78, 5) is 12.8. The van der Waals surface area contributed by atoms with Crippen LogP contribution in [0.25, 0.3) is 11.0 Å². The minimum Gasteiger partial charge on any atom is -0.488 e. The second kappa shape index (κ2) is 10.3. The van der Waals surface area contributed by atoms with E-state index in [1.54, 1.807) is 0 Å². The van der Waals surface area contributed by atoms with Crippen LogP contribution in [0, 0.1) is 6.92 Å². The lowest BCUT2D eigenvalue weighted by Gasteiger charge is -2.16. The van der Waals surface area contributed by atoms with Gasteiger partial charge in [0.25, 0.3) is 0 Å². The summed E-state index contributed by atoms with van der Waals surface area (Å²) in [5.41, 5.74) is 4.32. The fourth-order valence-electron chi connectivity index (χ4n) is 3.62. The van der Waals surface area contributed by atoms with Gasteiger partial charge in [-0.15, -0.1) is 0 Å². The van der Waals surface area contributed by atoms with Gasteiger partial charge in [0.05, 0.1) is 30.8 Å². The van der Waals surface area contributed by atoms with Crippen molar-refractivity contribution in [1.82, 2.24) is 20.6 Å². The number of benzene rings is 2.